The fraction of sp³-hybridized carbons (Fsp3) is 0.240. The van der Waals surface area contributed by atoms with Crippen LogP contribution in [0.5, 0.6) is 0 Å². The van der Waals surface area contributed by atoms with Gasteiger partial charge in [0, 0.05) is 17.8 Å². The Morgan fingerprint density at radius 2 is 1.77 bits per heavy atom. The van der Waals surface area contributed by atoms with Crippen molar-refractivity contribution in [3.05, 3.63) is 83.6 Å². The molecular formula is C25H23N3O2. The average Bonchev–Trinajstić information content (AvgIpc) is 3.23. The zero-order valence-electron chi connectivity index (χ0n) is 16.9. The first-order chi connectivity index (χ1) is 14.7. The number of amides is 1. The number of hydrogen-bond acceptors (Lipinski definition) is 4. The lowest BCUT2D eigenvalue weighted by atomic mass is 9.94. The van der Waals surface area contributed by atoms with Gasteiger partial charge >= 0.3 is 0 Å². The monoisotopic (exact) mass is 397 g/mol. The number of carbonyl (C=O) groups is 1. The topological polar surface area (TPSA) is 59.2 Å². The molecule has 1 atom stereocenters. The van der Waals surface area contributed by atoms with Crippen LogP contribution in [0.4, 0.5) is 0 Å². The second-order valence-corrected chi connectivity index (χ2v) is 7.81. The molecule has 0 saturated carbocycles. The normalized spacial score (nSPS) is 16.7. The number of carbonyl (C=O) groups excluding carboxylic acids is 1. The van der Waals surface area contributed by atoms with Crippen molar-refractivity contribution >= 4 is 17.0 Å². The van der Waals surface area contributed by atoms with Gasteiger partial charge in [0.2, 0.25) is 0 Å². The van der Waals surface area contributed by atoms with E-state index in [0.29, 0.717) is 22.4 Å². The Hall–Kier alpha value is -3.47. The van der Waals surface area contributed by atoms with E-state index in [4.69, 9.17) is 4.52 Å². The second kappa shape index (κ2) is 7.75. The van der Waals surface area contributed by atoms with Crippen molar-refractivity contribution < 1.29 is 9.32 Å². The Kier molecular flexibility index (Phi) is 4.79. The van der Waals surface area contributed by atoms with Crippen LogP contribution in [0.25, 0.3) is 22.4 Å². The van der Waals surface area contributed by atoms with Crippen molar-refractivity contribution in [3.63, 3.8) is 0 Å². The number of fused-ring (bicyclic) bond motifs is 1. The lowest BCUT2D eigenvalue weighted by molar-refractivity contribution is 0.0613. The van der Waals surface area contributed by atoms with Gasteiger partial charge in [0.25, 0.3) is 11.6 Å². The minimum atomic E-state index is 0.0134. The molecule has 5 nitrogen and oxygen atoms in total. The van der Waals surface area contributed by atoms with Crippen LogP contribution in [-0.4, -0.2) is 27.5 Å². The third kappa shape index (κ3) is 3.26. The van der Waals surface area contributed by atoms with Crippen LogP contribution in [0.1, 0.15) is 46.9 Å². The summed E-state index contributed by atoms with van der Waals surface area (Å²) in [6.45, 7) is 2.62. The number of nitrogens with zero attached hydrogens (tertiary/aromatic N) is 3. The van der Waals surface area contributed by atoms with Crippen LogP contribution in [0, 0.1) is 6.92 Å². The SMILES string of the molecule is Cc1cc(C(=O)N2CCCC[C@H]2c2ccccc2)c2c(-c3ccccc3)noc2n1. The van der Waals surface area contributed by atoms with Crippen LogP contribution in [0.15, 0.2) is 71.3 Å². The smallest absolute Gasteiger partial charge is 0.259 e. The van der Waals surface area contributed by atoms with Crippen molar-refractivity contribution in [2.45, 2.75) is 32.2 Å². The molecule has 1 saturated heterocycles. The van der Waals surface area contributed by atoms with Gasteiger partial charge in [0.15, 0.2) is 0 Å². The summed E-state index contributed by atoms with van der Waals surface area (Å²) in [5, 5.41) is 4.95. The molecule has 0 unspecified atom stereocenters. The summed E-state index contributed by atoms with van der Waals surface area (Å²) >= 11 is 0. The van der Waals surface area contributed by atoms with Gasteiger partial charge in [-0.3, -0.25) is 4.79 Å². The number of rotatable bonds is 3. The lowest BCUT2D eigenvalue weighted by Crippen LogP contribution is -2.38. The van der Waals surface area contributed by atoms with Gasteiger partial charge in [-0.25, -0.2) is 4.98 Å². The van der Waals surface area contributed by atoms with Gasteiger partial charge in [-0.2, -0.15) is 0 Å². The first kappa shape index (κ1) is 18.6. The zero-order valence-corrected chi connectivity index (χ0v) is 16.9. The maximum atomic E-state index is 13.9. The van der Waals surface area contributed by atoms with Gasteiger partial charge in [0.05, 0.1) is 17.0 Å². The Morgan fingerprint density at radius 3 is 2.53 bits per heavy atom. The molecule has 1 aliphatic rings. The minimum absolute atomic E-state index is 0.0134. The summed E-state index contributed by atoms with van der Waals surface area (Å²) in [5.74, 6) is 0.0134. The largest absolute Gasteiger partial charge is 0.335 e. The molecule has 0 bridgehead atoms. The van der Waals surface area contributed by atoms with E-state index in [1.807, 2.05) is 66.4 Å². The molecule has 4 aromatic rings. The van der Waals surface area contributed by atoms with Gasteiger partial charge in [-0.05, 0) is 37.8 Å². The standard InChI is InChI=1S/C25H23N3O2/c1-17-16-20(22-23(27-30-24(22)26-17)19-12-6-3-7-13-19)25(29)28-15-9-8-14-21(28)18-10-4-2-5-11-18/h2-7,10-13,16,21H,8-9,14-15H2,1H3/t21-/m0/s1. The van der Waals surface area contributed by atoms with E-state index >= 15 is 0 Å². The van der Waals surface area contributed by atoms with E-state index in [0.717, 1.165) is 37.1 Å². The molecule has 1 aliphatic heterocycles. The first-order valence-electron chi connectivity index (χ1n) is 10.4. The van der Waals surface area contributed by atoms with Crippen LogP contribution in [-0.2, 0) is 0 Å². The molecule has 2 aromatic carbocycles. The Labute approximate surface area is 175 Å². The fourth-order valence-corrected chi connectivity index (χ4v) is 4.39. The van der Waals surface area contributed by atoms with Gasteiger partial charge in [0.1, 0.15) is 5.69 Å². The third-order valence-electron chi connectivity index (χ3n) is 5.80. The minimum Gasteiger partial charge on any atom is -0.335 e. The molecule has 0 spiro atoms. The van der Waals surface area contributed by atoms with Crippen LogP contribution in [0.3, 0.4) is 0 Å². The van der Waals surface area contributed by atoms with Gasteiger partial charge in [-0.15, -0.1) is 0 Å². The number of aryl methyl sites for hydroxylation is 1. The highest BCUT2D eigenvalue weighted by molar-refractivity contribution is 6.09. The summed E-state index contributed by atoms with van der Waals surface area (Å²) in [7, 11) is 0. The van der Waals surface area contributed by atoms with E-state index in [1.54, 1.807) is 0 Å². The molecular weight excluding hydrogens is 374 g/mol. The molecule has 0 aliphatic carbocycles. The number of benzene rings is 2. The summed E-state index contributed by atoms with van der Waals surface area (Å²) in [6.07, 6.45) is 3.10. The first-order valence-corrected chi connectivity index (χ1v) is 10.4. The van der Waals surface area contributed by atoms with E-state index < -0.39 is 0 Å². The number of likely N-dealkylation sites (tertiary alicyclic amines) is 1. The summed E-state index contributed by atoms with van der Waals surface area (Å²) in [4.78, 5) is 20.4. The summed E-state index contributed by atoms with van der Waals surface area (Å²) < 4.78 is 5.54. The highest BCUT2D eigenvalue weighted by atomic mass is 16.5. The second-order valence-electron chi connectivity index (χ2n) is 7.81. The van der Waals surface area contributed by atoms with Crippen molar-refractivity contribution in [2.75, 3.05) is 6.54 Å². The molecule has 1 amide bonds. The predicted octanol–water partition coefficient (Wildman–Crippen LogP) is 5.57. The van der Waals surface area contributed by atoms with Crippen LogP contribution < -0.4 is 0 Å². The van der Waals surface area contributed by atoms with Crippen molar-refractivity contribution in [1.29, 1.82) is 0 Å². The number of pyridine rings is 1. The zero-order chi connectivity index (χ0) is 20.5. The molecule has 1 fully saturated rings. The van der Waals surface area contributed by atoms with E-state index in [9.17, 15) is 4.79 Å². The van der Waals surface area contributed by atoms with Gasteiger partial charge in [-0.1, -0.05) is 65.8 Å². The molecule has 5 heteroatoms. The Balaban J connectivity index is 1.63. The Bertz CT molecular complexity index is 1190. The maximum Gasteiger partial charge on any atom is 0.259 e. The molecule has 3 heterocycles. The molecule has 2 aromatic heterocycles. The van der Waals surface area contributed by atoms with Crippen molar-refractivity contribution in [3.8, 4) is 11.3 Å². The maximum absolute atomic E-state index is 13.9. The quantitative estimate of drug-likeness (QED) is 0.454. The van der Waals surface area contributed by atoms with E-state index in [2.05, 4.69) is 22.3 Å². The highest BCUT2D eigenvalue weighted by Gasteiger charge is 2.31. The van der Waals surface area contributed by atoms with Crippen molar-refractivity contribution in [1.82, 2.24) is 15.0 Å². The molecule has 0 N–H and O–H groups in total. The van der Waals surface area contributed by atoms with Gasteiger partial charge < -0.3 is 9.42 Å². The number of piperidine rings is 1. The molecule has 150 valence electrons. The van der Waals surface area contributed by atoms with Crippen molar-refractivity contribution in [2.24, 2.45) is 0 Å². The summed E-state index contributed by atoms with van der Waals surface area (Å²) in [6, 6.07) is 22.1. The van der Waals surface area contributed by atoms with E-state index in [-0.39, 0.29) is 11.9 Å². The fourth-order valence-electron chi connectivity index (χ4n) is 4.39. The highest BCUT2D eigenvalue weighted by Crippen LogP contribution is 2.35. The number of aromatic nitrogens is 2. The van der Waals surface area contributed by atoms with Crippen LogP contribution >= 0.6 is 0 Å². The van der Waals surface area contributed by atoms with Crippen LogP contribution in [0.2, 0.25) is 0 Å². The summed E-state index contributed by atoms with van der Waals surface area (Å²) in [5.41, 5.74) is 4.52. The molecule has 5 rings (SSSR count). The predicted molar refractivity (Wildman–Crippen MR) is 116 cm³/mol. The molecule has 30 heavy (non-hydrogen) atoms. The Morgan fingerprint density at radius 1 is 1.03 bits per heavy atom. The average molecular weight is 397 g/mol. The van der Waals surface area contributed by atoms with E-state index in [1.165, 1.54) is 5.56 Å². The third-order valence-corrected chi connectivity index (χ3v) is 5.80. The lowest BCUT2D eigenvalue weighted by Gasteiger charge is -2.36. The molecule has 0 radical (unpaired) electrons. The number of hydrogen-bond donors (Lipinski definition) is 0.